The van der Waals surface area contributed by atoms with Crippen LogP contribution < -0.4 is 5.32 Å². The minimum Gasteiger partial charge on any atom is -0.322 e. The lowest BCUT2D eigenvalue weighted by Gasteiger charge is -2.06. The number of nitrogens with one attached hydrogen (secondary N) is 1. The Kier molecular flexibility index (Phi) is 4.22. The Labute approximate surface area is 124 Å². The number of rotatable bonds is 3. The first kappa shape index (κ1) is 14.3. The Bertz CT molecular complexity index is 689. The number of nitrogens with zero attached hydrogens (tertiary/aromatic N) is 1. The Morgan fingerprint density at radius 1 is 1.10 bits per heavy atom. The standard InChI is InChI=1S/C13H8Cl2N2O3/c14-11-5-4-8(6-12(11)15)13(18)16-9-2-1-3-10(7-9)17(19)20/h1-7H,(H,16,18). The Balaban J connectivity index is 2.21. The summed E-state index contributed by atoms with van der Waals surface area (Å²) in [4.78, 5) is 22.1. The zero-order valence-corrected chi connectivity index (χ0v) is 11.5. The molecule has 1 amide bonds. The smallest absolute Gasteiger partial charge is 0.271 e. The molecule has 0 aliphatic rings. The highest BCUT2D eigenvalue weighted by atomic mass is 35.5. The number of benzene rings is 2. The quantitative estimate of drug-likeness (QED) is 0.683. The molecule has 2 aromatic rings. The van der Waals surface area contributed by atoms with Gasteiger partial charge in [0.15, 0.2) is 0 Å². The molecule has 0 aliphatic carbocycles. The molecule has 0 unspecified atom stereocenters. The molecule has 0 spiro atoms. The minimum absolute atomic E-state index is 0.100. The number of anilines is 1. The van der Waals surface area contributed by atoms with Crippen molar-refractivity contribution >= 4 is 40.5 Å². The van der Waals surface area contributed by atoms with Gasteiger partial charge in [0.05, 0.1) is 15.0 Å². The molecule has 0 aromatic heterocycles. The Hall–Kier alpha value is -2.11. The molecule has 0 aliphatic heterocycles. The summed E-state index contributed by atoms with van der Waals surface area (Å²) < 4.78 is 0. The molecule has 5 nitrogen and oxygen atoms in total. The monoisotopic (exact) mass is 310 g/mol. The van der Waals surface area contributed by atoms with Crippen LogP contribution in [0.25, 0.3) is 0 Å². The average molecular weight is 311 g/mol. The van der Waals surface area contributed by atoms with Crippen molar-refractivity contribution in [3.05, 3.63) is 68.2 Å². The van der Waals surface area contributed by atoms with Gasteiger partial charge in [-0.25, -0.2) is 0 Å². The van der Waals surface area contributed by atoms with Crippen molar-refractivity contribution in [3.8, 4) is 0 Å². The van der Waals surface area contributed by atoms with Gasteiger partial charge in [0.25, 0.3) is 11.6 Å². The van der Waals surface area contributed by atoms with E-state index in [4.69, 9.17) is 23.2 Å². The van der Waals surface area contributed by atoms with Crippen LogP contribution in [0.2, 0.25) is 10.0 Å². The highest BCUT2D eigenvalue weighted by Gasteiger charge is 2.11. The summed E-state index contributed by atoms with van der Waals surface area (Å²) in [6, 6.07) is 10.1. The van der Waals surface area contributed by atoms with Crippen molar-refractivity contribution in [2.75, 3.05) is 5.32 Å². The lowest BCUT2D eigenvalue weighted by Crippen LogP contribution is -2.11. The van der Waals surface area contributed by atoms with E-state index in [1.807, 2.05) is 0 Å². The third-order valence-electron chi connectivity index (χ3n) is 2.50. The summed E-state index contributed by atoms with van der Waals surface area (Å²) in [7, 11) is 0. The van der Waals surface area contributed by atoms with E-state index in [-0.39, 0.29) is 10.7 Å². The first-order valence-electron chi connectivity index (χ1n) is 5.48. The van der Waals surface area contributed by atoms with Crippen LogP contribution >= 0.6 is 23.2 Å². The molecule has 102 valence electrons. The highest BCUT2D eigenvalue weighted by Crippen LogP contribution is 2.23. The second-order valence-corrected chi connectivity index (χ2v) is 4.70. The van der Waals surface area contributed by atoms with E-state index in [1.54, 1.807) is 6.07 Å². The van der Waals surface area contributed by atoms with Gasteiger partial charge in [-0.05, 0) is 24.3 Å². The van der Waals surface area contributed by atoms with E-state index >= 15 is 0 Å². The summed E-state index contributed by atoms with van der Waals surface area (Å²) >= 11 is 11.6. The number of carbonyl (C=O) groups excluding carboxylic acids is 1. The number of non-ortho nitro benzene ring substituents is 1. The van der Waals surface area contributed by atoms with Crippen molar-refractivity contribution in [2.45, 2.75) is 0 Å². The number of carbonyl (C=O) groups is 1. The van der Waals surface area contributed by atoms with E-state index in [0.29, 0.717) is 16.3 Å². The zero-order chi connectivity index (χ0) is 14.7. The summed E-state index contributed by atoms with van der Waals surface area (Å²) in [6.07, 6.45) is 0. The van der Waals surface area contributed by atoms with Crippen molar-refractivity contribution in [1.82, 2.24) is 0 Å². The predicted octanol–water partition coefficient (Wildman–Crippen LogP) is 4.15. The largest absolute Gasteiger partial charge is 0.322 e. The van der Waals surface area contributed by atoms with Crippen molar-refractivity contribution in [2.24, 2.45) is 0 Å². The fourth-order valence-corrected chi connectivity index (χ4v) is 1.84. The molecular formula is C13H8Cl2N2O3. The van der Waals surface area contributed by atoms with Crippen LogP contribution in [0.1, 0.15) is 10.4 Å². The van der Waals surface area contributed by atoms with Crippen LogP contribution in [-0.4, -0.2) is 10.8 Å². The zero-order valence-electron chi connectivity index (χ0n) is 9.97. The average Bonchev–Trinajstić information content (AvgIpc) is 2.42. The van der Waals surface area contributed by atoms with Gasteiger partial charge in [-0.3, -0.25) is 14.9 Å². The number of hydrogen-bond donors (Lipinski definition) is 1. The highest BCUT2D eigenvalue weighted by molar-refractivity contribution is 6.42. The lowest BCUT2D eigenvalue weighted by atomic mass is 10.2. The Morgan fingerprint density at radius 3 is 2.50 bits per heavy atom. The van der Waals surface area contributed by atoms with E-state index in [2.05, 4.69) is 5.32 Å². The number of amides is 1. The van der Waals surface area contributed by atoms with Crippen LogP contribution in [0.15, 0.2) is 42.5 Å². The lowest BCUT2D eigenvalue weighted by molar-refractivity contribution is -0.384. The molecule has 2 rings (SSSR count). The molecule has 20 heavy (non-hydrogen) atoms. The molecule has 0 saturated carbocycles. The molecule has 0 saturated heterocycles. The van der Waals surface area contributed by atoms with Gasteiger partial charge in [0, 0.05) is 23.4 Å². The Morgan fingerprint density at radius 2 is 1.85 bits per heavy atom. The molecule has 7 heteroatoms. The fraction of sp³-hybridized carbons (Fsp3) is 0. The van der Waals surface area contributed by atoms with Gasteiger partial charge in [0.2, 0.25) is 0 Å². The molecule has 0 atom stereocenters. The van der Waals surface area contributed by atoms with E-state index in [9.17, 15) is 14.9 Å². The van der Waals surface area contributed by atoms with Crippen LogP contribution in [0.3, 0.4) is 0 Å². The minimum atomic E-state index is -0.533. The maximum atomic E-state index is 12.0. The van der Waals surface area contributed by atoms with Crippen LogP contribution in [0.5, 0.6) is 0 Å². The predicted molar refractivity (Wildman–Crippen MR) is 77.5 cm³/mol. The molecule has 0 heterocycles. The molecule has 0 bridgehead atoms. The molecule has 0 fully saturated rings. The maximum absolute atomic E-state index is 12.0. The number of halogens is 2. The number of hydrogen-bond acceptors (Lipinski definition) is 3. The summed E-state index contributed by atoms with van der Waals surface area (Å²) in [5, 5.41) is 13.8. The molecule has 2 aromatic carbocycles. The van der Waals surface area contributed by atoms with Crippen LogP contribution in [-0.2, 0) is 0 Å². The summed E-state index contributed by atoms with van der Waals surface area (Å²) in [5.74, 6) is -0.427. The third-order valence-corrected chi connectivity index (χ3v) is 3.24. The SMILES string of the molecule is O=C(Nc1cccc([N+](=O)[O-])c1)c1ccc(Cl)c(Cl)c1. The number of nitro benzene ring substituents is 1. The van der Waals surface area contributed by atoms with Gasteiger partial charge in [-0.2, -0.15) is 0 Å². The second kappa shape index (κ2) is 5.90. The molecule has 1 N–H and O–H groups in total. The van der Waals surface area contributed by atoms with Gasteiger partial charge in [0.1, 0.15) is 0 Å². The third kappa shape index (κ3) is 3.26. The van der Waals surface area contributed by atoms with Crippen molar-refractivity contribution in [3.63, 3.8) is 0 Å². The van der Waals surface area contributed by atoms with Gasteiger partial charge >= 0.3 is 0 Å². The van der Waals surface area contributed by atoms with Gasteiger partial charge in [-0.1, -0.05) is 29.3 Å². The number of nitro groups is 1. The van der Waals surface area contributed by atoms with Gasteiger partial charge < -0.3 is 5.32 Å². The van der Waals surface area contributed by atoms with Crippen molar-refractivity contribution < 1.29 is 9.72 Å². The normalized spacial score (nSPS) is 10.1. The second-order valence-electron chi connectivity index (χ2n) is 3.89. The van der Waals surface area contributed by atoms with Crippen LogP contribution in [0, 0.1) is 10.1 Å². The topological polar surface area (TPSA) is 72.2 Å². The maximum Gasteiger partial charge on any atom is 0.271 e. The van der Waals surface area contributed by atoms with E-state index in [0.717, 1.165) is 0 Å². The van der Waals surface area contributed by atoms with E-state index < -0.39 is 10.8 Å². The van der Waals surface area contributed by atoms with Gasteiger partial charge in [-0.15, -0.1) is 0 Å². The summed E-state index contributed by atoms with van der Waals surface area (Å²) in [6.45, 7) is 0. The molecular weight excluding hydrogens is 303 g/mol. The van der Waals surface area contributed by atoms with Crippen LogP contribution in [0.4, 0.5) is 11.4 Å². The van der Waals surface area contributed by atoms with Crippen molar-refractivity contribution in [1.29, 1.82) is 0 Å². The fourth-order valence-electron chi connectivity index (χ4n) is 1.54. The summed E-state index contributed by atoms with van der Waals surface area (Å²) in [5.41, 5.74) is 0.540. The molecule has 0 radical (unpaired) electrons. The van der Waals surface area contributed by atoms with E-state index in [1.165, 1.54) is 36.4 Å². The first-order valence-corrected chi connectivity index (χ1v) is 6.24. The first-order chi connectivity index (χ1) is 9.47.